The van der Waals surface area contributed by atoms with Gasteiger partial charge in [0.2, 0.25) is 0 Å². The summed E-state index contributed by atoms with van der Waals surface area (Å²) in [6.45, 7) is 4.62. The molecule has 0 N–H and O–H groups in total. The van der Waals surface area contributed by atoms with Gasteiger partial charge in [-0.25, -0.2) is 0 Å². The minimum Gasteiger partial charge on any atom is -0.0628 e. The van der Waals surface area contributed by atoms with Gasteiger partial charge >= 0.3 is 0 Å². The van der Waals surface area contributed by atoms with E-state index >= 15 is 0 Å². The Bertz CT molecular complexity index is 332. The summed E-state index contributed by atoms with van der Waals surface area (Å²) in [6, 6.07) is 9.38. The normalized spacial score (nSPS) is 17.6. The topological polar surface area (TPSA) is 0 Å². The van der Waals surface area contributed by atoms with Gasteiger partial charge in [0.05, 0.1) is 0 Å². The number of rotatable bonds is 4. The molecule has 1 aliphatic rings. The standard InChI is InChI=1S/C17H26/c1-14(2)11-12-15-7-6-10-17(13-15)16-8-4-3-5-9-16/h6-7,10,13-14,16H,3-5,8-9,11-12H2,1-2H3. The Morgan fingerprint density at radius 1 is 1.12 bits per heavy atom. The third kappa shape index (κ3) is 3.87. The van der Waals surface area contributed by atoms with Crippen molar-refractivity contribution in [2.45, 2.75) is 64.7 Å². The van der Waals surface area contributed by atoms with Crippen LogP contribution in [-0.4, -0.2) is 0 Å². The van der Waals surface area contributed by atoms with E-state index in [0.717, 1.165) is 11.8 Å². The molecular formula is C17H26. The summed E-state index contributed by atoms with van der Waals surface area (Å²) in [6.07, 6.45) is 9.69. The van der Waals surface area contributed by atoms with Gasteiger partial charge in [0.15, 0.2) is 0 Å². The molecule has 1 aromatic rings. The minimum absolute atomic E-state index is 0.813. The van der Waals surface area contributed by atoms with Gasteiger partial charge in [-0.3, -0.25) is 0 Å². The molecule has 0 aromatic heterocycles. The van der Waals surface area contributed by atoms with E-state index < -0.39 is 0 Å². The SMILES string of the molecule is CC(C)CCc1cccc(C2CCCCC2)c1. The van der Waals surface area contributed by atoms with E-state index in [4.69, 9.17) is 0 Å². The average Bonchev–Trinajstić information content (AvgIpc) is 2.38. The lowest BCUT2D eigenvalue weighted by Gasteiger charge is -2.22. The van der Waals surface area contributed by atoms with Gasteiger partial charge in [-0.15, -0.1) is 0 Å². The summed E-state index contributed by atoms with van der Waals surface area (Å²) in [5.74, 6) is 1.66. The summed E-state index contributed by atoms with van der Waals surface area (Å²) in [5, 5.41) is 0. The quantitative estimate of drug-likeness (QED) is 0.656. The minimum atomic E-state index is 0.813. The van der Waals surface area contributed by atoms with Crippen molar-refractivity contribution in [3.63, 3.8) is 0 Å². The van der Waals surface area contributed by atoms with Gasteiger partial charge < -0.3 is 0 Å². The fourth-order valence-corrected chi connectivity index (χ4v) is 2.89. The third-order valence-corrected chi connectivity index (χ3v) is 4.04. The maximum absolute atomic E-state index is 2.47. The second kappa shape index (κ2) is 6.23. The highest BCUT2D eigenvalue weighted by Gasteiger charge is 2.15. The van der Waals surface area contributed by atoms with E-state index in [1.807, 2.05) is 0 Å². The van der Waals surface area contributed by atoms with Crippen LogP contribution >= 0.6 is 0 Å². The molecule has 94 valence electrons. The molecule has 0 heterocycles. The van der Waals surface area contributed by atoms with Crippen LogP contribution in [0.2, 0.25) is 0 Å². The average molecular weight is 230 g/mol. The van der Waals surface area contributed by atoms with Gasteiger partial charge in [0.1, 0.15) is 0 Å². The van der Waals surface area contributed by atoms with Crippen molar-refractivity contribution in [2.75, 3.05) is 0 Å². The van der Waals surface area contributed by atoms with Crippen molar-refractivity contribution >= 4 is 0 Å². The summed E-state index contributed by atoms with van der Waals surface area (Å²) in [5.41, 5.74) is 3.15. The number of hydrogen-bond acceptors (Lipinski definition) is 0. The lowest BCUT2D eigenvalue weighted by atomic mass is 9.83. The molecule has 17 heavy (non-hydrogen) atoms. The van der Waals surface area contributed by atoms with Crippen molar-refractivity contribution in [3.05, 3.63) is 35.4 Å². The molecule has 0 bridgehead atoms. The molecule has 0 radical (unpaired) electrons. The molecular weight excluding hydrogens is 204 g/mol. The lowest BCUT2D eigenvalue weighted by Crippen LogP contribution is -2.05. The molecule has 0 heteroatoms. The van der Waals surface area contributed by atoms with Crippen LogP contribution < -0.4 is 0 Å². The zero-order valence-electron chi connectivity index (χ0n) is 11.4. The molecule has 0 amide bonds. The van der Waals surface area contributed by atoms with E-state index in [9.17, 15) is 0 Å². The maximum atomic E-state index is 2.47. The molecule has 0 spiro atoms. The van der Waals surface area contributed by atoms with Crippen LogP contribution in [0.4, 0.5) is 0 Å². The Balaban J connectivity index is 2.00. The van der Waals surface area contributed by atoms with Gasteiger partial charge in [-0.2, -0.15) is 0 Å². The van der Waals surface area contributed by atoms with E-state index in [0.29, 0.717) is 0 Å². The monoisotopic (exact) mass is 230 g/mol. The Morgan fingerprint density at radius 3 is 2.59 bits per heavy atom. The second-order valence-electron chi connectivity index (χ2n) is 6.01. The first-order valence-corrected chi connectivity index (χ1v) is 7.34. The molecule has 0 aliphatic heterocycles. The predicted octanol–water partition coefficient (Wildman–Crippen LogP) is 5.32. The van der Waals surface area contributed by atoms with Crippen LogP contribution in [0.3, 0.4) is 0 Å². The van der Waals surface area contributed by atoms with E-state index in [1.165, 1.54) is 44.9 Å². The number of aryl methyl sites for hydroxylation is 1. The first kappa shape index (κ1) is 12.7. The van der Waals surface area contributed by atoms with Gasteiger partial charge in [0.25, 0.3) is 0 Å². The first-order chi connectivity index (χ1) is 8.25. The Kier molecular flexibility index (Phi) is 4.65. The van der Waals surface area contributed by atoms with E-state index in [1.54, 1.807) is 11.1 Å². The zero-order chi connectivity index (χ0) is 12.1. The molecule has 1 saturated carbocycles. The highest BCUT2D eigenvalue weighted by molar-refractivity contribution is 5.26. The highest BCUT2D eigenvalue weighted by Crippen LogP contribution is 2.32. The van der Waals surface area contributed by atoms with Crippen molar-refractivity contribution in [3.8, 4) is 0 Å². The van der Waals surface area contributed by atoms with Crippen LogP contribution in [0.5, 0.6) is 0 Å². The fourth-order valence-electron chi connectivity index (χ4n) is 2.89. The third-order valence-electron chi connectivity index (χ3n) is 4.04. The highest BCUT2D eigenvalue weighted by atomic mass is 14.2. The molecule has 0 atom stereocenters. The Labute approximate surface area is 106 Å². The van der Waals surface area contributed by atoms with E-state index in [2.05, 4.69) is 38.1 Å². The first-order valence-electron chi connectivity index (χ1n) is 7.34. The van der Waals surface area contributed by atoms with E-state index in [-0.39, 0.29) is 0 Å². The van der Waals surface area contributed by atoms with Crippen LogP contribution in [0.15, 0.2) is 24.3 Å². The number of benzene rings is 1. The number of hydrogen-bond donors (Lipinski definition) is 0. The second-order valence-corrected chi connectivity index (χ2v) is 6.01. The van der Waals surface area contributed by atoms with Gasteiger partial charge in [-0.05, 0) is 48.6 Å². The van der Waals surface area contributed by atoms with Crippen molar-refractivity contribution in [1.82, 2.24) is 0 Å². The summed E-state index contributed by atoms with van der Waals surface area (Å²) >= 11 is 0. The van der Waals surface area contributed by atoms with Crippen LogP contribution in [0, 0.1) is 5.92 Å². The largest absolute Gasteiger partial charge is 0.0628 e. The predicted molar refractivity (Wildman–Crippen MR) is 75.4 cm³/mol. The molecule has 0 saturated heterocycles. The summed E-state index contributed by atoms with van der Waals surface area (Å²) in [4.78, 5) is 0. The maximum Gasteiger partial charge on any atom is -0.0162 e. The molecule has 1 fully saturated rings. The van der Waals surface area contributed by atoms with Gasteiger partial charge in [-0.1, -0.05) is 57.4 Å². The molecule has 0 nitrogen and oxygen atoms in total. The van der Waals surface area contributed by atoms with Crippen molar-refractivity contribution < 1.29 is 0 Å². The Morgan fingerprint density at radius 2 is 1.88 bits per heavy atom. The molecule has 2 rings (SSSR count). The van der Waals surface area contributed by atoms with Crippen molar-refractivity contribution in [2.24, 2.45) is 5.92 Å². The Hall–Kier alpha value is -0.780. The summed E-state index contributed by atoms with van der Waals surface area (Å²) in [7, 11) is 0. The lowest BCUT2D eigenvalue weighted by molar-refractivity contribution is 0.443. The van der Waals surface area contributed by atoms with Crippen LogP contribution in [-0.2, 0) is 6.42 Å². The van der Waals surface area contributed by atoms with Crippen LogP contribution in [0.25, 0.3) is 0 Å². The van der Waals surface area contributed by atoms with Crippen molar-refractivity contribution in [1.29, 1.82) is 0 Å². The molecule has 1 aromatic carbocycles. The van der Waals surface area contributed by atoms with Crippen LogP contribution in [0.1, 0.15) is 69.4 Å². The smallest absolute Gasteiger partial charge is 0.0162 e. The molecule has 1 aliphatic carbocycles. The zero-order valence-corrected chi connectivity index (χ0v) is 11.4. The summed E-state index contributed by atoms with van der Waals surface area (Å²) < 4.78 is 0. The van der Waals surface area contributed by atoms with Gasteiger partial charge in [0, 0.05) is 0 Å². The molecule has 0 unspecified atom stereocenters. The fraction of sp³-hybridized carbons (Fsp3) is 0.647.